The molecule has 17 heavy (non-hydrogen) atoms. The molecule has 1 aromatic rings. The van der Waals surface area contributed by atoms with E-state index in [1.807, 2.05) is 37.3 Å². The number of rotatable bonds is 5. The van der Waals surface area contributed by atoms with Gasteiger partial charge in [0.1, 0.15) is 5.54 Å². The van der Waals surface area contributed by atoms with E-state index in [1.54, 1.807) is 6.08 Å². The summed E-state index contributed by atoms with van der Waals surface area (Å²) in [6, 6.07) is 9.24. The van der Waals surface area contributed by atoms with Crippen LogP contribution in [-0.2, 0) is 19.9 Å². The van der Waals surface area contributed by atoms with Gasteiger partial charge >= 0.3 is 5.97 Å². The zero-order chi connectivity index (χ0) is 12.7. The van der Waals surface area contributed by atoms with Gasteiger partial charge in [0, 0.05) is 0 Å². The lowest BCUT2D eigenvalue weighted by Crippen LogP contribution is -2.27. The van der Waals surface area contributed by atoms with Gasteiger partial charge in [0.25, 0.3) is 0 Å². The molecule has 0 aromatic heterocycles. The zero-order valence-corrected chi connectivity index (χ0v) is 9.97. The molecule has 4 nitrogen and oxygen atoms in total. The van der Waals surface area contributed by atoms with Gasteiger partial charge in [0.05, 0.1) is 13.5 Å². The van der Waals surface area contributed by atoms with Crippen LogP contribution in [0.15, 0.2) is 35.3 Å². The number of carbonyl (C=O) groups is 1. The number of carbonyl (C=O) groups excluding carboxylic acids is 2. The number of isocyanates is 1. The number of nitrogens with zero attached hydrogens (tertiary/aromatic N) is 1. The Morgan fingerprint density at radius 2 is 2.06 bits per heavy atom. The monoisotopic (exact) mass is 233 g/mol. The van der Waals surface area contributed by atoms with Gasteiger partial charge in [-0.2, -0.15) is 4.99 Å². The minimum atomic E-state index is -0.865. The number of ether oxygens (including phenoxy) is 1. The van der Waals surface area contributed by atoms with Crippen LogP contribution in [0.4, 0.5) is 0 Å². The Morgan fingerprint density at radius 1 is 1.41 bits per heavy atom. The molecule has 0 saturated heterocycles. The first-order chi connectivity index (χ1) is 8.18. The molecule has 0 radical (unpaired) electrons. The molecule has 0 unspecified atom stereocenters. The average molecular weight is 233 g/mol. The topological polar surface area (TPSA) is 55.7 Å². The van der Waals surface area contributed by atoms with E-state index in [0.29, 0.717) is 6.42 Å². The molecule has 4 heteroatoms. The second-order valence-electron chi connectivity index (χ2n) is 3.71. The molecule has 1 rings (SSSR count). The van der Waals surface area contributed by atoms with Crippen LogP contribution in [0.5, 0.6) is 0 Å². The van der Waals surface area contributed by atoms with E-state index in [9.17, 15) is 9.59 Å². The van der Waals surface area contributed by atoms with Crippen LogP contribution in [0.1, 0.15) is 25.3 Å². The lowest BCUT2D eigenvalue weighted by Gasteiger charge is -2.26. The van der Waals surface area contributed by atoms with Crippen molar-refractivity contribution >= 4 is 12.0 Å². The Kier molecular flexibility index (Phi) is 4.61. The summed E-state index contributed by atoms with van der Waals surface area (Å²) >= 11 is 0. The standard InChI is InChI=1S/C13H15NO3/c1-3-13(14-10-15,9-12(16)17-2)11-7-5-4-6-8-11/h4-8H,3,9H2,1-2H3/t13-/m0/s1. The van der Waals surface area contributed by atoms with Crippen LogP contribution in [-0.4, -0.2) is 19.2 Å². The van der Waals surface area contributed by atoms with Crippen molar-refractivity contribution in [3.05, 3.63) is 35.9 Å². The summed E-state index contributed by atoms with van der Waals surface area (Å²) in [7, 11) is 1.32. The first kappa shape index (κ1) is 13.1. The van der Waals surface area contributed by atoms with Gasteiger partial charge in [0.2, 0.25) is 6.08 Å². The fourth-order valence-electron chi connectivity index (χ4n) is 1.76. The van der Waals surface area contributed by atoms with Crippen molar-refractivity contribution in [1.29, 1.82) is 0 Å². The number of esters is 1. The lowest BCUT2D eigenvalue weighted by atomic mass is 9.85. The first-order valence-electron chi connectivity index (χ1n) is 5.40. The second kappa shape index (κ2) is 5.97. The Hall–Kier alpha value is -1.93. The van der Waals surface area contributed by atoms with Crippen molar-refractivity contribution in [3.8, 4) is 0 Å². The van der Waals surface area contributed by atoms with Crippen LogP contribution < -0.4 is 0 Å². The maximum atomic E-state index is 11.4. The third kappa shape index (κ3) is 3.02. The molecule has 1 atom stereocenters. The van der Waals surface area contributed by atoms with Gasteiger partial charge in [-0.15, -0.1) is 0 Å². The molecule has 1 aromatic carbocycles. The highest BCUT2D eigenvalue weighted by molar-refractivity contribution is 5.71. The summed E-state index contributed by atoms with van der Waals surface area (Å²) < 4.78 is 4.65. The summed E-state index contributed by atoms with van der Waals surface area (Å²) in [5, 5.41) is 0. The molecule has 0 spiro atoms. The van der Waals surface area contributed by atoms with E-state index in [1.165, 1.54) is 7.11 Å². The molecule has 0 bridgehead atoms. The van der Waals surface area contributed by atoms with Crippen LogP contribution in [0.3, 0.4) is 0 Å². The molecule has 0 fully saturated rings. The number of aliphatic imine (C=N–C) groups is 1. The SMILES string of the molecule is CC[C@@](CC(=O)OC)(N=C=O)c1ccccc1. The molecular weight excluding hydrogens is 218 g/mol. The van der Waals surface area contributed by atoms with E-state index in [4.69, 9.17) is 0 Å². The second-order valence-corrected chi connectivity index (χ2v) is 3.71. The Balaban J connectivity index is 3.17. The molecule has 0 aliphatic heterocycles. The van der Waals surface area contributed by atoms with Crippen molar-refractivity contribution < 1.29 is 14.3 Å². The fourth-order valence-corrected chi connectivity index (χ4v) is 1.76. The number of benzene rings is 1. The van der Waals surface area contributed by atoms with E-state index >= 15 is 0 Å². The summed E-state index contributed by atoms with van der Waals surface area (Å²) in [6.45, 7) is 1.87. The molecule has 0 aliphatic carbocycles. The lowest BCUT2D eigenvalue weighted by molar-refractivity contribution is -0.142. The third-order valence-corrected chi connectivity index (χ3v) is 2.82. The van der Waals surface area contributed by atoms with Crippen LogP contribution in [0.2, 0.25) is 0 Å². The van der Waals surface area contributed by atoms with Crippen LogP contribution in [0.25, 0.3) is 0 Å². The predicted molar refractivity (Wildman–Crippen MR) is 63.2 cm³/mol. The predicted octanol–water partition coefficient (Wildman–Crippen LogP) is 2.19. The Labute approximate surface area is 100 Å². The van der Waals surface area contributed by atoms with Crippen molar-refractivity contribution in [2.24, 2.45) is 4.99 Å². The van der Waals surface area contributed by atoms with Gasteiger partial charge in [-0.25, -0.2) is 4.79 Å². The Morgan fingerprint density at radius 3 is 2.53 bits per heavy atom. The fraction of sp³-hybridized carbons (Fsp3) is 0.385. The van der Waals surface area contributed by atoms with Gasteiger partial charge < -0.3 is 4.74 Å². The molecule has 0 saturated carbocycles. The summed E-state index contributed by atoms with van der Waals surface area (Å²) in [5.74, 6) is -0.394. The molecule has 90 valence electrons. The minimum Gasteiger partial charge on any atom is -0.469 e. The minimum absolute atomic E-state index is 0.0409. The summed E-state index contributed by atoms with van der Waals surface area (Å²) in [4.78, 5) is 25.8. The van der Waals surface area contributed by atoms with Gasteiger partial charge in [0.15, 0.2) is 0 Å². The summed E-state index contributed by atoms with van der Waals surface area (Å²) in [5.41, 5.74) is -0.0490. The van der Waals surface area contributed by atoms with Crippen LogP contribution >= 0.6 is 0 Å². The van der Waals surface area contributed by atoms with Crippen LogP contribution in [0, 0.1) is 0 Å². The van der Waals surface area contributed by atoms with E-state index in [-0.39, 0.29) is 6.42 Å². The highest BCUT2D eigenvalue weighted by Crippen LogP contribution is 2.33. The van der Waals surface area contributed by atoms with Gasteiger partial charge in [-0.3, -0.25) is 4.79 Å². The van der Waals surface area contributed by atoms with Gasteiger partial charge in [-0.1, -0.05) is 37.3 Å². The maximum absolute atomic E-state index is 11.4. The number of hydrogen-bond donors (Lipinski definition) is 0. The van der Waals surface area contributed by atoms with Crippen molar-refractivity contribution in [3.63, 3.8) is 0 Å². The third-order valence-electron chi connectivity index (χ3n) is 2.82. The quantitative estimate of drug-likeness (QED) is 0.445. The maximum Gasteiger partial charge on any atom is 0.308 e. The van der Waals surface area contributed by atoms with E-state index < -0.39 is 11.5 Å². The molecule has 0 N–H and O–H groups in total. The van der Waals surface area contributed by atoms with Crippen molar-refractivity contribution in [2.45, 2.75) is 25.3 Å². The first-order valence-corrected chi connectivity index (χ1v) is 5.40. The summed E-state index contributed by atoms with van der Waals surface area (Å²) in [6.07, 6.45) is 2.12. The highest BCUT2D eigenvalue weighted by atomic mass is 16.5. The molecule has 0 heterocycles. The van der Waals surface area contributed by atoms with E-state index in [2.05, 4.69) is 9.73 Å². The molecule has 0 aliphatic rings. The Bertz CT molecular complexity index is 424. The number of hydrogen-bond acceptors (Lipinski definition) is 4. The van der Waals surface area contributed by atoms with Crippen molar-refractivity contribution in [2.75, 3.05) is 7.11 Å². The smallest absolute Gasteiger partial charge is 0.308 e. The van der Waals surface area contributed by atoms with E-state index in [0.717, 1.165) is 5.56 Å². The largest absolute Gasteiger partial charge is 0.469 e. The van der Waals surface area contributed by atoms with Crippen molar-refractivity contribution in [1.82, 2.24) is 0 Å². The molecular formula is C13H15NO3. The zero-order valence-electron chi connectivity index (χ0n) is 9.97. The average Bonchev–Trinajstić information content (AvgIpc) is 2.39. The highest BCUT2D eigenvalue weighted by Gasteiger charge is 2.33. The normalized spacial score (nSPS) is 13.3. The van der Waals surface area contributed by atoms with Gasteiger partial charge in [-0.05, 0) is 12.0 Å². The number of methoxy groups -OCH3 is 1. The molecule has 0 amide bonds.